The van der Waals surface area contributed by atoms with E-state index in [0.717, 1.165) is 5.56 Å². The second-order valence-corrected chi connectivity index (χ2v) is 4.57. The standard InChI is InChI=1S/C14H17NO5/c1-10-2-3-11(14(17)18)8-12(10)20-9-13(16)15-4-6-19-7-5-15/h2-3,8H,4-7,9H2,1H3,(H,17,18). The Balaban J connectivity index is 1.97. The molecule has 1 aliphatic rings. The number of carbonyl (C=O) groups excluding carboxylic acids is 1. The molecule has 1 heterocycles. The van der Waals surface area contributed by atoms with Crippen LogP contribution in [0.2, 0.25) is 0 Å². The van der Waals surface area contributed by atoms with E-state index in [1.54, 1.807) is 17.9 Å². The van der Waals surface area contributed by atoms with Crippen molar-refractivity contribution in [2.24, 2.45) is 0 Å². The maximum atomic E-state index is 11.9. The van der Waals surface area contributed by atoms with Crippen LogP contribution in [0.15, 0.2) is 18.2 Å². The molecule has 2 rings (SSSR count). The van der Waals surface area contributed by atoms with Crippen LogP contribution in [0.4, 0.5) is 0 Å². The summed E-state index contributed by atoms with van der Waals surface area (Å²) in [5.41, 5.74) is 0.939. The molecule has 20 heavy (non-hydrogen) atoms. The highest BCUT2D eigenvalue weighted by atomic mass is 16.5. The number of morpholine rings is 1. The van der Waals surface area contributed by atoms with Crippen LogP contribution < -0.4 is 4.74 Å². The Morgan fingerprint density at radius 2 is 2.05 bits per heavy atom. The molecule has 0 saturated carbocycles. The van der Waals surface area contributed by atoms with Gasteiger partial charge in [-0.3, -0.25) is 4.79 Å². The maximum Gasteiger partial charge on any atom is 0.335 e. The molecule has 0 bridgehead atoms. The summed E-state index contributed by atoms with van der Waals surface area (Å²) in [6.45, 7) is 3.93. The van der Waals surface area contributed by atoms with Crippen molar-refractivity contribution in [2.75, 3.05) is 32.9 Å². The number of nitrogens with zero attached hydrogens (tertiary/aromatic N) is 1. The number of benzene rings is 1. The van der Waals surface area contributed by atoms with Crippen molar-refractivity contribution in [1.29, 1.82) is 0 Å². The van der Waals surface area contributed by atoms with Gasteiger partial charge in [0.1, 0.15) is 5.75 Å². The average molecular weight is 279 g/mol. The van der Waals surface area contributed by atoms with Gasteiger partial charge < -0.3 is 19.5 Å². The fourth-order valence-electron chi connectivity index (χ4n) is 1.93. The second-order valence-electron chi connectivity index (χ2n) is 4.57. The van der Waals surface area contributed by atoms with E-state index in [4.69, 9.17) is 14.6 Å². The predicted molar refractivity (Wildman–Crippen MR) is 71.0 cm³/mol. The van der Waals surface area contributed by atoms with Crippen molar-refractivity contribution in [3.05, 3.63) is 29.3 Å². The van der Waals surface area contributed by atoms with E-state index >= 15 is 0 Å². The summed E-state index contributed by atoms with van der Waals surface area (Å²) in [7, 11) is 0. The molecule has 1 fully saturated rings. The first-order chi connectivity index (χ1) is 9.58. The minimum absolute atomic E-state index is 0.0933. The summed E-state index contributed by atoms with van der Waals surface area (Å²) in [5.74, 6) is -0.714. The first kappa shape index (κ1) is 14.3. The molecule has 0 aromatic heterocycles. The van der Waals surface area contributed by atoms with Crippen LogP contribution in [0.1, 0.15) is 15.9 Å². The van der Waals surface area contributed by atoms with Crippen LogP contribution in [-0.4, -0.2) is 54.8 Å². The zero-order valence-electron chi connectivity index (χ0n) is 11.3. The smallest absolute Gasteiger partial charge is 0.335 e. The fourth-order valence-corrected chi connectivity index (χ4v) is 1.93. The molecule has 0 atom stereocenters. The van der Waals surface area contributed by atoms with E-state index in [0.29, 0.717) is 32.1 Å². The largest absolute Gasteiger partial charge is 0.483 e. The lowest BCUT2D eigenvalue weighted by Gasteiger charge is -2.26. The van der Waals surface area contributed by atoms with Gasteiger partial charge in [-0.1, -0.05) is 6.07 Å². The van der Waals surface area contributed by atoms with Gasteiger partial charge >= 0.3 is 5.97 Å². The van der Waals surface area contributed by atoms with Crippen molar-refractivity contribution in [3.63, 3.8) is 0 Å². The zero-order valence-corrected chi connectivity index (χ0v) is 11.3. The second kappa shape index (κ2) is 6.38. The van der Waals surface area contributed by atoms with E-state index in [9.17, 15) is 9.59 Å². The number of hydrogen-bond acceptors (Lipinski definition) is 4. The Hall–Kier alpha value is -2.08. The summed E-state index contributed by atoms with van der Waals surface area (Å²) in [5, 5.41) is 8.94. The first-order valence-electron chi connectivity index (χ1n) is 6.40. The molecular weight excluding hydrogens is 262 g/mol. The van der Waals surface area contributed by atoms with Gasteiger partial charge in [0.05, 0.1) is 18.8 Å². The van der Waals surface area contributed by atoms with Crippen LogP contribution in [0, 0.1) is 6.92 Å². The van der Waals surface area contributed by atoms with E-state index in [2.05, 4.69) is 0 Å². The van der Waals surface area contributed by atoms with E-state index < -0.39 is 5.97 Å². The molecule has 1 aliphatic heterocycles. The summed E-state index contributed by atoms with van der Waals surface area (Å²) >= 11 is 0. The Bertz CT molecular complexity index is 508. The molecule has 1 N–H and O–H groups in total. The van der Waals surface area contributed by atoms with Gasteiger partial charge in [0.25, 0.3) is 5.91 Å². The highest BCUT2D eigenvalue weighted by Crippen LogP contribution is 2.19. The Morgan fingerprint density at radius 3 is 2.70 bits per heavy atom. The van der Waals surface area contributed by atoms with Gasteiger partial charge in [-0.25, -0.2) is 4.79 Å². The number of carboxylic acids is 1. The van der Waals surface area contributed by atoms with Crippen molar-refractivity contribution in [2.45, 2.75) is 6.92 Å². The lowest BCUT2D eigenvalue weighted by molar-refractivity contribution is -0.137. The van der Waals surface area contributed by atoms with Crippen molar-refractivity contribution in [1.82, 2.24) is 4.90 Å². The quantitative estimate of drug-likeness (QED) is 0.887. The van der Waals surface area contributed by atoms with E-state index in [1.165, 1.54) is 12.1 Å². The molecule has 0 spiro atoms. The topological polar surface area (TPSA) is 76.1 Å². The molecule has 108 valence electrons. The summed E-state index contributed by atoms with van der Waals surface area (Å²) in [6, 6.07) is 4.61. The molecule has 6 heteroatoms. The normalized spacial score (nSPS) is 14.9. The molecule has 1 aromatic carbocycles. The Morgan fingerprint density at radius 1 is 1.35 bits per heavy atom. The predicted octanol–water partition coefficient (Wildman–Crippen LogP) is 0.931. The number of aryl methyl sites for hydroxylation is 1. The minimum Gasteiger partial charge on any atom is -0.483 e. The number of carbonyl (C=O) groups is 2. The third-order valence-electron chi connectivity index (χ3n) is 3.15. The molecule has 1 aromatic rings. The summed E-state index contributed by atoms with van der Waals surface area (Å²) in [6.07, 6.45) is 0. The van der Waals surface area contributed by atoms with Crippen molar-refractivity contribution < 1.29 is 24.2 Å². The van der Waals surface area contributed by atoms with Gasteiger partial charge in [0.2, 0.25) is 0 Å². The number of carboxylic acid groups (broad SMARTS) is 1. The lowest BCUT2D eigenvalue weighted by Crippen LogP contribution is -2.43. The molecular formula is C14H17NO5. The third kappa shape index (κ3) is 3.48. The Labute approximate surface area is 116 Å². The number of amides is 1. The third-order valence-corrected chi connectivity index (χ3v) is 3.15. The number of ether oxygens (including phenoxy) is 2. The zero-order chi connectivity index (χ0) is 14.5. The van der Waals surface area contributed by atoms with Gasteiger partial charge in [-0.2, -0.15) is 0 Å². The van der Waals surface area contributed by atoms with Crippen LogP contribution in [0.5, 0.6) is 5.75 Å². The molecule has 1 amide bonds. The van der Waals surface area contributed by atoms with Gasteiger partial charge in [0.15, 0.2) is 6.61 Å². The van der Waals surface area contributed by atoms with Crippen LogP contribution in [0.25, 0.3) is 0 Å². The van der Waals surface area contributed by atoms with Crippen LogP contribution >= 0.6 is 0 Å². The SMILES string of the molecule is Cc1ccc(C(=O)O)cc1OCC(=O)N1CCOCC1. The summed E-state index contributed by atoms with van der Waals surface area (Å²) < 4.78 is 10.6. The van der Waals surface area contributed by atoms with Crippen LogP contribution in [0.3, 0.4) is 0 Å². The number of hydrogen-bond donors (Lipinski definition) is 1. The molecule has 1 saturated heterocycles. The van der Waals surface area contributed by atoms with Crippen molar-refractivity contribution in [3.8, 4) is 5.75 Å². The van der Waals surface area contributed by atoms with Gasteiger partial charge in [-0.15, -0.1) is 0 Å². The maximum absolute atomic E-state index is 11.9. The van der Waals surface area contributed by atoms with Crippen LogP contribution in [-0.2, 0) is 9.53 Å². The highest BCUT2D eigenvalue weighted by molar-refractivity contribution is 5.88. The highest BCUT2D eigenvalue weighted by Gasteiger charge is 2.17. The van der Waals surface area contributed by atoms with Gasteiger partial charge in [0, 0.05) is 13.1 Å². The minimum atomic E-state index is -1.02. The van der Waals surface area contributed by atoms with E-state index in [-0.39, 0.29) is 18.1 Å². The number of aromatic carboxylic acids is 1. The van der Waals surface area contributed by atoms with Gasteiger partial charge in [-0.05, 0) is 24.6 Å². The van der Waals surface area contributed by atoms with E-state index in [1.807, 2.05) is 0 Å². The Kier molecular flexibility index (Phi) is 4.57. The first-order valence-corrected chi connectivity index (χ1v) is 6.40. The number of rotatable bonds is 4. The molecule has 0 aliphatic carbocycles. The fraction of sp³-hybridized carbons (Fsp3) is 0.429. The molecule has 0 unspecified atom stereocenters. The lowest BCUT2D eigenvalue weighted by atomic mass is 10.1. The molecule has 0 radical (unpaired) electrons. The molecule has 6 nitrogen and oxygen atoms in total. The monoisotopic (exact) mass is 279 g/mol. The average Bonchev–Trinajstić information content (AvgIpc) is 2.46. The van der Waals surface area contributed by atoms with Crippen molar-refractivity contribution >= 4 is 11.9 Å². The summed E-state index contributed by atoms with van der Waals surface area (Å²) in [4.78, 5) is 24.5.